The quantitative estimate of drug-likeness (QED) is 0.264. The van der Waals surface area contributed by atoms with Gasteiger partial charge in [-0.05, 0) is 73.6 Å². The zero-order valence-electron chi connectivity index (χ0n) is 20.9. The molecule has 196 valence electrons. The van der Waals surface area contributed by atoms with E-state index in [9.17, 15) is 29.6 Å². The van der Waals surface area contributed by atoms with Gasteiger partial charge in [0.25, 0.3) is 5.69 Å². The van der Waals surface area contributed by atoms with Crippen LogP contribution in [-0.2, 0) is 14.3 Å². The van der Waals surface area contributed by atoms with Crippen LogP contribution in [0, 0.1) is 44.6 Å². The van der Waals surface area contributed by atoms with Gasteiger partial charge in [-0.1, -0.05) is 25.5 Å². The lowest BCUT2D eigenvalue weighted by Crippen LogP contribution is -2.56. The standard InChI is InChI=1S/C28H31NO8/c1-27-12-11-18(30)13-16(27)3-8-20-21-9-10-22(28(21,2)14-23(31)25(20)27)24(32)15-36-26(33)37-19-6-4-17(5-7-19)29(34)35/h4-7,11-13,20-23,25,31H,3,8-10,14-15H2,1-2H3. The number of carbonyl (C=O) groups excluding carboxylic acids is 3. The van der Waals surface area contributed by atoms with E-state index < -0.39 is 29.2 Å². The van der Waals surface area contributed by atoms with Crippen molar-refractivity contribution in [2.24, 2.45) is 34.5 Å². The Morgan fingerprint density at radius 2 is 1.89 bits per heavy atom. The summed E-state index contributed by atoms with van der Waals surface area (Å²) in [5, 5.41) is 22.2. The van der Waals surface area contributed by atoms with Crippen LogP contribution in [0.2, 0.25) is 0 Å². The van der Waals surface area contributed by atoms with E-state index in [2.05, 4.69) is 13.8 Å². The lowest BCUT2D eigenvalue weighted by molar-refractivity contribution is -0.384. The molecule has 0 aromatic heterocycles. The molecule has 4 aliphatic carbocycles. The molecule has 0 radical (unpaired) electrons. The van der Waals surface area contributed by atoms with E-state index in [0.29, 0.717) is 12.8 Å². The first-order valence-electron chi connectivity index (χ1n) is 12.8. The molecule has 9 nitrogen and oxygen atoms in total. The fraction of sp³-hybridized carbons (Fsp3) is 0.536. The van der Waals surface area contributed by atoms with Gasteiger partial charge in [-0.3, -0.25) is 19.7 Å². The molecule has 0 heterocycles. The Hall–Kier alpha value is -3.33. The van der Waals surface area contributed by atoms with E-state index in [4.69, 9.17) is 9.47 Å². The van der Waals surface area contributed by atoms with Gasteiger partial charge in [0.05, 0.1) is 11.0 Å². The Labute approximate surface area is 214 Å². The van der Waals surface area contributed by atoms with Gasteiger partial charge in [0.2, 0.25) is 0 Å². The highest BCUT2D eigenvalue weighted by molar-refractivity contribution is 6.01. The van der Waals surface area contributed by atoms with Crippen molar-refractivity contribution in [3.63, 3.8) is 0 Å². The number of fused-ring (bicyclic) bond motifs is 5. The third-order valence-corrected chi connectivity index (χ3v) is 9.46. The van der Waals surface area contributed by atoms with Crippen LogP contribution in [0.1, 0.15) is 46.0 Å². The minimum atomic E-state index is -1.05. The monoisotopic (exact) mass is 509 g/mol. The first-order chi connectivity index (χ1) is 17.5. The summed E-state index contributed by atoms with van der Waals surface area (Å²) in [4.78, 5) is 47.5. The minimum Gasteiger partial charge on any atom is -0.426 e. The number of benzene rings is 1. The largest absolute Gasteiger partial charge is 0.514 e. The van der Waals surface area contributed by atoms with Crippen molar-refractivity contribution in [2.45, 2.75) is 52.1 Å². The molecule has 37 heavy (non-hydrogen) atoms. The first-order valence-corrected chi connectivity index (χ1v) is 12.8. The topological polar surface area (TPSA) is 133 Å². The highest BCUT2D eigenvalue weighted by Crippen LogP contribution is 2.66. The number of nitrogens with zero attached hydrogens (tertiary/aromatic N) is 1. The predicted molar refractivity (Wildman–Crippen MR) is 132 cm³/mol. The smallest absolute Gasteiger partial charge is 0.426 e. The molecule has 7 unspecified atom stereocenters. The molecule has 7 atom stereocenters. The van der Waals surface area contributed by atoms with Gasteiger partial charge in [0.15, 0.2) is 18.2 Å². The predicted octanol–water partition coefficient (Wildman–Crippen LogP) is 4.57. The Morgan fingerprint density at radius 3 is 2.59 bits per heavy atom. The molecule has 0 saturated heterocycles. The van der Waals surface area contributed by atoms with E-state index in [1.54, 1.807) is 12.2 Å². The van der Waals surface area contributed by atoms with E-state index in [0.717, 1.165) is 24.8 Å². The van der Waals surface area contributed by atoms with Crippen LogP contribution < -0.4 is 4.74 Å². The molecular formula is C28H31NO8. The number of carbonyl (C=O) groups is 3. The van der Waals surface area contributed by atoms with Crippen molar-refractivity contribution in [1.82, 2.24) is 0 Å². The van der Waals surface area contributed by atoms with E-state index in [1.807, 2.05) is 6.08 Å². The summed E-state index contributed by atoms with van der Waals surface area (Å²) < 4.78 is 10.1. The average molecular weight is 510 g/mol. The van der Waals surface area contributed by atoms with Gasteiger partial charge in [-0.2, -0.15) is 0 Å². The van der Waals surface area contributed by atoms with E-state index >= 15 is 0 Å². The Balaban J connectivity index is 1.24. The number of nitro benzene ring substituents is 1. The van der Waals surface area contributed by atoms with Crippen molar-refractivity contribution in [2.75, 3.05) is 6.61 Å². The van der Waals surface area contributed by atoms with Crippen LogP contribution in [0.25, 0.3) is 0 Å². The summed E-state index contributed by atoms with van der Waals surface area (Å²) in [7, 11) is 0. The van der Waals surface area contributed by atoms with Crippen LogP contribution >= 0.6 is 0 Å². The molecule has 0 amide bonds. The van der Waals surface area contributed by atoms with Crippen molar-refractivity contribution in [3.8, 4) is 5.75 Å². The number of rotatable bonds is 5. The maximum Gasteiger partial charge on any atom is 0.514 e. The Bertz CT molecular complexity index is 1200. The second-order valence-electron chi connectivity index (χ2n) is 11.3. The van der Waals surface area contributed by atoms with Crippen molar-refractivity contribution >= 4 is 23.4 Å². The number of allylic oxidation sites excluding steroid dienone is 4. The normalized spacial score (nSPS) is 36.0. The third-order valence-electron chi connectivity index (χ3n) is 9.46. The number of Topliss-reactive ketones (excluding diaryl/α,β-unsaturated/α-hetero) is 1. The highest BCUT2D eigenvalue weighted by atomic mass is 16.7. The van der Waals surface area contributed by atoms with Gasteiger partial charge in [-0.15, -0.1) is 0 Å². The van der Waals surface area contributed by atoms with Gasteiger partial charge in [0.1, 0.15) is 5.75 Å². The Morgan fingerprint density at radius 1 is 1.16 bits per heavy atom. The van der Waals surface area contributed by atoms with Crippen molar-refractivity contribution in [3.05, 3.63) is 58.2 Å². The summed E-state index contributed by atoms with van der Waals surface area (Å²) >= 11 is 0. The number of aliphatic hydroxyl groups is 1. The van der Waals surface area contributed by atoms with Crippen LogP contribution in [0.15, 0.2) is 48.1 Å². The molecule has 3 saturated carbocycles. The summed E-state index contributed by atoms with van der Waals surface area (Å²) in [6.07, 6.45) is 7.35. The molecule has 0 spiro atoms. The zero-order chi connectivity index (χ0) is 26.5. The summed E-state index contributed by atoms with van der Waals surface area (Å²) in [5.41, 5.74) is 0.193. The summed E-state index contributed by atoms with van der Waals surface area (Å²) in [6, 6.07) is 4.99. The number of nitro groups is 1. The SMILES string of the molecule is CC12C=CC(=O)C=C1CCC1C2C(O)CC2(C)C(C(=O)COC(=O)Oc3ccc([N+](=O)[O-])cc3)CCC12. The number of hydrogen-bond acceptors (Lipinski definition) is 8. The fourth-order valence-electron chi connectivity index (χ4n) is 7.85. The molecule has 9 heteroatoms. The second-order valence-corrected chi connectivity index (χ2v) is 11.3. The first kappa shape index (κ1) is 25.3. The van der Waals surface area contributed by atoms with Gasteiger partial charge >= 0.3 is 6.16 Å². The lowest BCUT2D eigenvalue weighted by Gasteiger charge is -2.58. The molecule has 1 aromatic carbocycles. The Kier molecular flexibility index (Phi) is 6.30. The highest BCUT2D eigenvalue weighted by Gasteiger charge is 2.62. The fourth-order valence-corrected chi connectivity index (χ4v) is 7.85. The molecule has 4 aliphatic rings. The van der Waals surface area contributed by atoms with Gasteiger partial charge in [0, 0.05) is 29.4 Å². The van der Waals surface area contributed by atoms with Crippen LogP contribution in [0.4, 0.5) is 10.5 Å². The lowest BCUT2D eigenvalue weighted by atomic mass is 9.46. The zero-order valence-corrected chi connectivity index (χ0v) is 20.9. The molecule has 5 rings (SSSR count). The molecule has 0 aliphatic heterocycles. The molecular weight excluding hydrogens is 478 g/mol. The maximum atomic E-state index is 13.2. The molecule has 3 fully saturated rings. The number of hydrogen-bond donors (Lipinski definition) is 1. The molecule has 1 aromatic rings. The van der Waals surface area contributed by atoms with Crippen molar-refractivity contribution in [1.29, 1.82) is 0 Å². The summed E-state index contributed by atoms with van der Waals surface area (Å²) in [6.45, 7) is 3.76. The van der Waals surface area contributed by atoms with E-state index in [-0.39, 0.29) is 52.1 Å². The van der Waals surface area contributed by atoms with Gasteiger partial charge in [-0.25, -0.2) is 4.79 Å². The summed E-state index contributed by atoms with van der Waals surface area (Å²) in [5.74, 6) is 0.0351. The second kappa shape index (κ2) is 9.20. The third kappa shape index (κ3) is 4.29. The maximum absolute atomic E-state index is 13.2. The average Bonchev–Trinajstić information content (AvgIpc) is 3.19. The van der Waals surface area contributed by atoms with Gasteiger partial charge < -0.3 is 14.6 Å². The van der Waals surface area contributed by atoms with Crippen LogP contribution in [0.5, 0.6) is 5.75 Å². The van der Waals surface area contributed by atoms with E-state index in [1.165, 1.54) is 24.3 Å². The number of non-ortho nitro benzene ring substituents is 1. The van der Waals surface area contributed by atoms with Crippen molar-refractivity contribution < 1.29 is 33.9 Å². The van der Waals surface area contributed by atoms with Crippen LogP contribution in [0.3, 0.4) is 0 Å². The minimum absolute atomic E-state index is 0.000283. The molecule has 0 bridgehead atoms. The molecule has 1 N–H and O–H groups in total. The van der Waals surface area contributed by atoms with Crippen LogP contribution in [-0.4, -0.2) is 40.5 Å². The number of aliphatic hydroxyl groups excluding tert-OH is 1. The number of ketones is 2. The number of ether oxygens (including phenoxy) is 2.